The summed E-state index contributed by atoms with van der Waals surface area (Å²) in [4.78, 5) is 14.7. The van der Waals surface area contributed by atoms with Gasteiger partial charge in [-0.1, -0.05) is 70.3 Å². The topological polar surface area (TPSA) is 111 Å². The lowest BCUT2D eigenvalue weighted by Gasteiger charge is -2.46. The van der Waals surface area contributed by atoms with Crippen molar-refractivity contribution in [2.75, 3.05) is 59.5 Å². The van der Waals surface area contributed by atoms with Crippen LogP contribution in [0, 0.1) is 0 Å². The van der Waals surface area contributed by atoms with Crippen LogP contribution >= 0.6 is 58.2 Å². The molecule has 2 fully saturated rings. The molecule has 1 atom stereocenters. The third-order valence-electron chi connectivity index (χ3n) is 7.26. The number of halogens is 4. The lowest BCUT2D eigenvalue weighted by atomic mass is 10.4. The molecule has 0 radical (unpaired) electrons. The van der Waals surface area contributed by atoms with Gasteiger partial charge in [-0.25, -0.2) is 26.6 Å². The largest absolute Gasteiger partial charge is 0.465 e. The quantitative estimate of drug-likeness (QED) is 0.390. The third kappa shape index (κ3) is 6.52. The Balaban J connectivity index is 1.30. The Labute approximate surface area is 274 Å². The van der Waals surface area contributed by atoms with Crippen LogP contribution in [0.3, 0.4) is 0 Å². The van der Waals surface area contributed by atoms with Crippen LogP contribution in [0.25, 0.3) is 0 Å². The van der Waals surface area contributed by atoms with Crippen LogP contribution in [0.5, 0.6) is 0 Å². The molecule has 0 aromatic heterocycles. The number of piperazine rings is 2. The van der Waals surface area contributed by atoms with E-state index in [1.54, 1.807) is 18.3 Å². The SMILES string of the molecule is COC(=O)C1=CN(N2CCN(S(=O)(=O)c3c(Cl)cccc3Cl)CC2)C(N2CCN(S(=O)(=O)c3c(Cl)cccc3Cl)CC2)S1. The van der Waals surface area contributed by atoms with Crippen LogP contribution in [0.4, 0.5) is 0 Å². The second-order valence-corrected chi connectivity index (χ2v) is 16.2. The Kier molecular flexibility index (Phi) is 10.2. The number of thioether (sulfide) groups is 1. The van der Waals surface area contributed by atoms with Crippen molar-refractivity contribution in [1.82, 2.24) is 23.5 Å². The minimum absolute atomic E-state index is 0.0505. The average molecular weight is 732 g/mol. The van der Waals surface area contributed by atoms with Crippen LogP contribution in [-0.4, -0.2) is 111 Å². The summed E-state index contributed by atoms with van der Waals surface area (Å²) >= 11 is 26.1. The molecule has 0 spiro atoms. The van der Waals surface area contributed by atoms with E-state index < -0.39 is 26.0 Å². The zero-order valence-electron chi connectivity index (χ0n) is 22.7. The lowest BCUT2D eigenvalue weighted by Crippen LogP contribution is -2.60. The molecule has 11 nitrogen and oxygen atoms in total. The number of benzene rings is 2. The first-order valence-electron chi connectivity index (χ1n) is 13.0. The van der Waals surface area contributed by atoms with Gasteiger partial charge in [0.25, 0.3) is 0 Å². The molecular weight excluding hydrogens is 704 g/mol. The van der Waals surface area contributed by atoms with E-state index in [2.05, 4.69) is 4.90 Å². The number of sulfonamides is 2. The molecular formula is C25H27Cl4N5O6S3. The van der Waals surface area contributed by atoms with Gasteiger partial charge in [-0.3, -0.25) is 9.91 Å². The van der Waals surface area contributed by atoms with Gasteiger partial charge in [-0.2, -0.15) is 8.61 Å². The molecule has 3 heterocycles. The summed E-state index contributed by atoms with van der Waals surface area (Å²) in [6.45, 7) is 2.02. The fourth-order valence-electron chi connectivity index (χ4n) is 5.08. The first-order valence-corrected chi connectivity index (χ1v) is 18.3. The van der Waals surface area contributed by atoms with Crippen molar-refractivity contribution in [1.29, 1.82) is 0 Å². The van der Waals surface area contributed by atoms with E-state index in [4.69, 9.17) is 51.1 Å². The van der Waals surface area contributed by atoms with Gasteiger partial charge >= 0.3 is 5.97 Å². The maximum atomic E-state index is 13.4. The van der Waals surface area contributed by atoms with E-state index in [9.17, 15) is 21.6 Å². The van der Waals surface area contributed by atoms with Gasteiger partial charge in [0, 0.05) is 58.6 Å². The van der Waals surface area contributed by atoms with Gasteiger partial charge in [0.1, 0.15) is 20.2 Å². The maximum absolute atomic E-state index is 13.4. The Hall–Kier alpha value is -1.30. The molecule has 3 aliphatic rings. The summed E-state index contributed by atoms with van der Waals surface area (Å²) in [6.07, 6.45) is 1.68. The fraction of sp³-hybridized carbons (Fsp3) is 0.400. The average Bonchev–Trinajstić information content (AvgIpc) is 3.42. The van der Waals surface area contributed by atoms with Gasteiger partial charge in [0.15, 0.2) is 0 Å². The highest BCUT2D eigenvalue weighted by Crippen LogP contribution is 2.39. The predicted octanol–water partition coefficient (Wildman–Crippen LogP) is 3.87. The summed E-state index contributed by atoms with van der Waals surface area (Å²) in [5, 5.41) is 4.05. The first kappa shape index (κ1) is 33.1. The van der Waals surface area contributed by atoms with Crippen LogP contribution in [0.1, 0.15) is 0 Å². The van der Waals surface area contributed by atoms with Gasteiger partial charge in [-0.15, -0.1) is 0 Å². The Morgan fingerprint density at radius 3 is 1.58 bits per heavy atom. The monoisotopic (exact) mass is 729 g/mol. The maximum Gasteiger partial charge on any atom is 0.346 e. The van der Waals surface area contributed by atoms with E-state index in [-0.39, 0.29) is 61.6 Å². The molecule has 234 valence electrons. The van der Waals surface area contributed by atoms with Crippen molar-refractivity contribution in [2.45, 2.75) is 15.3 Å². The van der Waals surface area contributed by atoms with E-state index in [1.165, 1.54) is 51.7 Å². The summed E-state index contributed by atoms with van der Waals surface area (Å²) in [6, 6.07) is 9.10. The van der Waals surface area contributed by atoms with Gasteiger partial charge < -0.3 is 4.74 Å². The Morgan fingerprint density at radius 2 is 1.16 bits per heavy atom. The summed E-state index contributed by atoms with van der Waals surface area (Å²) in [5.74, 6) is -0.498. The van der Waals surface area contributed by atoms with Crippen LogP contribution in [-0.2, 0) is 29.6 Å². The third-order valence-corrected chi connectivity index (χ3v) is 14.2. The number of ether oxygens (including phenoxy) is 1. The second kappa shape index (κ2) is 13.2. The molecule has 0 amide bonds. The summed E-state index contributed by atoms with van der Waals surface area (Å²) in [7, 11) is -6.58. The highest BCUT2D eigenvalue weighted by atomic mass is 35.5. The number of carbonyl (C=O) groups excluding carboxylic acids is 1. The van der Waals surface area contributed by atoms with E-state index in [1.807, 2.05) is 10.0 Å². The number of hydrogen-bond donors (Lipinski definition) is 0. The molecule has 3 aliphatic heterocycles. The fourth-order valence-corrected chi connectivity index (χ4v) is 11.3. The number of hydrogen-bond acceptors (Lipinski definition) is 10. The van der Waals surface area contributed by atoms with Crippen molar-refractivity contribution < 1.29 is 26.4 Å². The van der Waals surface area contributed by atoms with Crippen molar-refractivity contribution in [3.63, 3.8) is 0 Å². The molecule has 0 bridgehead atoms. The predicted molar refractivity (Wildman–Crippen MR) is 167 cm³/mol. The molecule has 0 N–H and O–H groups in total. The lowest BCUT2D eigenvalue weighted by molar-refractivity contribution is -0.135. The van der Waals surface area contributed by atoms with Crippen LogP contribution < -0.4 is 0 Å². The Bertz CT molecular complexity index is 1610. The van der Waals surface area contributed by atoms with Crippen LogP contribution in [0.2, 0.25) is 20.1 Å². The molecule has 2 aromatic carbocycles. The number of methoxy groups -OCH3 is 1. The van der Waals surface area contributed by atoms with Crippen molar-refractivity contribution in [2.24, 2.45) is 0 Å². The molecule has 43 heavy (non-hydrogen) atoms. The van der Waals surface area contributed by atoms with Crippen molar-refractivity contribution >= 4 is 84.2 Å². The zero-order chi connectivity index (χ0) is 31.1. The van der Waals surface area contributed by atoms with Crippen molar-refractivity contribution in [3.8, 4) is 0 Å². The number of rotatable bonds is 7. The highest BCUT2D eigenvalue weighted by molar-refractivity contribution is 8.04. The van der Waals surface area contributed by atoms with E-state index in [0.29, 0.717) is 31.1 Å². The molecule has 0 saturated carbocycles. The van der Waals surface area contributed by atoms with Crippen LogP contribution in [0.15, 0.2) is 57.3 Å². The van der Waals surface area contributed by atoms with Gasteiger partial charge in [-0.05, 0) is 24.3 Å². The normalized spacial score (nSPS) is 21.7. The summed E-state index contributed by atoms with van der Waals surface area (Å²) < 4.78 is 61.1. The highest BCUT2D eigenvalue weighted by Gasteiger charge is 2.42. The zero-order valence-corrected chi connectivity index (χ0v) is 28.2. The molecule has 18 heteroatoms. The number of carbonyl (C=O) groups is 1. The smallest absolute Gasteiger partial charge is 0.346 e. The minimum Gasteiger partial charge on any atom is -0.465 e. The van der Waals surface area contributed by atoms with E-state index >= 15 is 0 Å². The molecule has 5 rings (SSSR count). The minimum atomic E-state index is -3.94. The number of nitrogens with zero attached hydrogens (tertiary/aromatic N) is 5. The number of hydrazine groups is 1. The summed E-state index contributed by atoms with van der Waals surface area (Å²) in [5.41, 5.74) is -0.385. The number of esters is 1. The molecule has 2 aromatic rings. The Morgan fingerprint density at radius 1 is 0.744 bits per heavy atom. The van der Waals surface area contributed by atoms with Crippen molar-refractivity contribution in [3.05, 3.63) is 67.6 Å². The van der Waals surface area contributed by atoms with Gasteiger partial charge in [0.05, 0.1) is 27.2 Å². The second-order valence-electron chi connectivity index (χ2n) is 9.71. The van der Waals surface area contributed by atoms with E-state index in [0.717, 1.165) is 0 Å². The standard InChI is InChI=1S/C25H27Cl4N5O6S3/c1-40-24(35)21-16-34(31-10-14-33(15-11-31)43(38,39)23-19(28)6-3-7-20(23)29)25(41-21)30-8-12-32(13-9-30)42(36,37)22-17(26)4-2-5-18(22)27/h2-7,16,25H,8-15H2,1H3. The first-order chi connectivity index (χ1) is 20.4. The molecule has 2 saturated heterocycles. The van der Waals surface area contributed by atoms with Gasteiger partial charge in [0.2, 0.25) is 20.0 Å². The molecule has 0 aliphatic carbocycles. The molecule has 1 unspecified atom stereocenters.